The van der Waals surface area contributed by atoms with E-state index in [0.717, 1.165) is 12.1 Å². The first-order chi connectivity index (χ1) is 12.2. The minimum atomic E-state index is -4.02. The van der Waals surface area contributed by atoms with Crippen LogP contribution in [0.3, 0.4) is 0 Å². The molecule has 0 saturated heterocycles. The number of anilines is 1. The summed E-state index contributed by atoms with van der Waals surface area (Å²) in [7, 11) is -4.02. The second-order valence-electron chi connectivity index (χ2n) is 5.66. The zero-order valence-electron chi connectivity index (χ0n) is 14.2. The lowest BCUT2D eigenvalue weighted by molar-refractivity contribution is 0.511. The molecular formula is C16H16ClFN4O3S. The van der Waals surface area contributed by atoms with Crippen LogP contribution >= 0.6 is 11.6 Å². The van der Waals surface area contributed by atoms with Crippen molar-refractivity contribution in [1.29, 1.82) is 0 Å². The van der Waals surface area contributed by atoms with E-state index in [9.17, 15) is 12.8 Å². The highest BCUT2D eigenvalue weighted by Crippen LogP contribution is 2.32. The maximum Gasteiger partial charge on any atom is 0.264 e. The van der Waals surface area contributed by atoms with Crippen molar-refractivity contribution in [3.8, 4) is 11.6 Å². The van der Waals surface area contributed by atoms with Gasteiger partial charge in [0.2, 0.25) is 5.89 Å². The number of halogens is 2. The van der Waals surface area contributed by atoms with E-state index in [0.29, 0.717) is 29.3 Å². The monoisotopic (exact) mass is 398 g/mol. The molecule has 0 aliphatic carbocycles. The Morgan fingerprint density at radius 2 is 2.04 bits per heavy atom. The first kappa shape index (κ1) is 18.4. The Hall–Kier alpha value is -2.39. The fourth-order valence-corrected chi connectivity index (χ4v) is 4.36. The van der Waals surface area contributed by atoms with Gasteiger partial charge in [-0.15, -0.1) is 10.2 Å². The average molecular weight is 399 g/mol. The highest BCUT2D eigenvalue weighted by Gasteiger charge is 2.27. The van der Waals surface area contributed by atoms with Gasteiger partial charge in [-0.3, -0.25) is 4.72 Å². The molecule has 0 atom stereocenters. The summed E-state index contributed by atoms with van der Waals surface area (Å²) >= 11 is 5.95. The first-order valence-electron chi connectivity index (χ1n) is 7.72. The number of benzene rings is 1. The van der Waals surface area contributed by atoms with Crippen molar-refractivity contribution in [2.45, 2.75) is 32.1 Å². The molecule has 138 valence electrons. The van der Waals surface area contributed by atoms with Gasteiger partial charge in [-0.25, -0.2) is 12.8 Å². The van der Waals surface area contributed by atoms with Crippen LogP contribution in [0, 0.1) is 19.7 Å². The molecule has 0 fully saturated rings. The van der Waals surface area contributed by atoms with Crippen LogP contribution in [0.4, 0.5) is 10.1 Å². The molecule has 2 aromatic heterocycles. The van der Waals surface area contributed by atoms with Crippen LogP contribution in [0.2, 0.25) is 5.02 Å². The number of sulfonamides is 1. The highest BCUT2D eigenvalue weighted by atomic mass is 35.5. The molecule has 0 unspecified atom stereocenters. The second-order valence-corrected chi connectivity index (χ2v) is 7.69. The quantitative estimate of drug-likeness (QED) is 0.680. The van der Waals surface area contributed by atoms with Crippen LogP contribution in [-0.4, -0.2) is 23.6 Å². The van der Waals surface area contributed by atoms with Crippen molar-refractivity contribution in [1.82, 2.24) is 15.2 Å². The molecule has 26 heavy (non-hydrogen) atoms. The molecule has 10 heteroatoms. The van der Waals surface area contributed by atoms with Crippen LogP contribution in [0.25, 0.3) is 11.6 Å². The summed E-state index contributed by atoms with van der Waals surface area (Å²) in [6.45, 7) is 5.10. The van der Waals surface area contributed by atoms with Crippen molar-refractivity contribution in [2.24, 2.45) is 0 Å². The summed E-state index contributed by atoms with van der Waals surface area (Å²) in [5.74, 6) is 0.0432. The topological polar surface area (TPSA) is 101 Å². The number of aryl methyl sites for hydroxylation is 2. The fraction of sp³-hybridized carbons (Fsp3) is 0.250. The molecule has 3 rings (SSSR count). The summed E-state index contributed by atoms with van der Waals surface area (Å²) in [5, 5.41) is 7.90. The molecule has 0 spiro atoms. The van der Waals surface area contributed by atoms with E-state index < -0.39 is 15.8 Å². The van der Waals surface area contributed by atoms with Gasteiger partial charge < -0.3 is 9.40 Å². The zero-order chi connectivity index (χ0) is 19.1. The fourth-order valence-electron chi connectivity index (χ4n) is 2.62. The maximum atomic E-state index is 13.4. The number of hydrogen-bond acceptors (Lipinski definition) is 5. The van der Waals surface area contributed by atoms with Gasteiger partial charge in [0.15, 0.2) is 0 Å². The number of aromatic amines is 1. The Balaban J connectivity index is 2.04. The van der Waals surface area contributed by atoms with Gasteiger partial charge in [-0.1, -0.05) is 18.5 Å². The Morgan fingerprint density at radius 1 is 1.31 bits per heavy atom. The van der Waals surface area contributed by atoms with Crippen LogP contribution in [0.15, 0.2) is 27.5 Å². The summed E-state index contributed by atoms with van der Waals surface area (Å²) < 4.78 is 46.9. The van der Waals surface area contributed by atoms with Gasteiger partial charge in [-0.2, -0.15) is 0 Å². The molecule has 0 radical (unpaired) electrons. The van der Waals surface area contributed by atoms with Crippen molar-refractivity contribution >= 4 is 27.3 Å². The van der Waals surface area contributed by atoms with Gasteiger partial charge in [0.25, 0.3) is 15.9 Å². The molecule has 2 heterocycles. The number of aromatic nitrogens is 3. The van der Waals surface area contributed by atoms with Gasteiger partial charge >= 0.3 is 0 Å². The summed E-state index contributed by atoms with van der Waals surface area (Å²) in [5.41, 5.74) is 1.17. The lowest BCUT2D eigenvalue weighted by Gasteiger charge is -2.10. The lowest BCUT2D eigenvalue weighted by atomic mass is 10.2. The van der Waals surface area contributed by atoms with E-state index >= 15 is 0 Å². The van der Waals surface area contributed by atoms with Gasteiger partial charge in [0.05, 0.1) is 10.7 Å². The van der Waals surface area contributed by atoms with E-state index in [1.807, 2.05) is 6.92 Å². The third kappa shape index (κ3) is 3.32. The van der Waals surface area contributed by atoms with Crippen molar-refractivity contribution in [3.05, 3.63) is 46.2 Å². The molecule has 0 saturated carbocycles. The van der Waals surface area contributed by atoms with Crippen LogP contribution in [0.5, 0.6) is 0 Å². The minimum absolute atomic E-state index is 0.0177. The standard InChI is InChI=1S/C16H16ClFN4O3S/c1-4-13-20-21-16(25-13)14-8(2)15(9(3)19-14)26(23,24)22-12-7-10(18)5-6-11(12)17/h5-7,19,22H,4H2,1-3H3. The predicted molar refractivity (Wildman–Crippen MR) is 95.2 cm³/mol. The highest BCUT2D eigenvalue weighted by molar-refractivity contribution is 7.92. The van der Waals surface area contributed by atoms with Gasteiger partial charge in [-0.05, 0) is 32.0 Å². The van der Waals surface area contributed by atoms with Crippen molar-refractivity contribution in [2.75, 3.05) is 4.72 Å². The predicted octanol–water partition coefficient (Wildman–Crippen LogP) is 3.84. The number of rotatable bonds is 5. The van der Waals surface area contributed by atoms with Crippen LogP contribution in [0.1, 0.15) is 24.1 Å². The van der Waals surface area contributed by atoms with E-state index in [2.05, 4.69) is 19.9 Å². The maximum absolute atomic E-state index is 13.4. The zero-order valence-corrected chi connectivity index (χ0v) is 15.8. The average Bonchev–Trinajstić information content (AvgIpc) is 3.15. The number of hydrogen-bond donors (Lipinski definition) is 2. The van der Waals surface area contributed by atoms with Crippen molar-refractivity contribution < 1.29 is 17.2 Å². The molecule has 2 N–H and O–H groups in total. The normalized spacial score (nSPS) is 11.7. The van der Waals surface area contributed by atoms with E-state index in [1.165, 1.54) is 6.07 Å². The molecule has 0 amide bonds. The summed E-state index contributed by atoms with van der Waals surface area (Å²) in [4.78, 5) is 2.98. The lowest BCUT2D eigenvalue weighted by Crippen LogP contribution is -2.15. The third-order valence-corrected chi connectivity index (χ3v) is 5.76. The van der Waals surface area contributed by atoms with Gasteiger partial charge in [0, 0.05) is 17.7 Å². The Morgan fingerprint density at radius 3 is 2.69 bits per heavy atom. The molecule has 0 aliphatic rings. The molecular weight excluding hydrogens is 383 g/mol. The van der Waals surface area contributed by atoms with Gasteiger partial charge in [0.1, 0.15) is 16.4 Å². The smallest absolute Gasteiger partial charge is 0.264 e. The molecule has 7 nitrogen and oxygen atoms in total. The Labute approximate surface area is 154 Å². The van der Waals surface area contributed by atoms with E-state index in [-0.39, 0.29) is 21.5 Å². The third-order valence-electron chi connectivity index (χ3n) is 3.79. The van der Waals surface area contributed by atoms with Crippen LogP contribution in [-0.2, 0) is 16.4 Å². The molecule has 3 aromatic rings. The van der Waals surface area contributed by atoms with E-state index in [4.69, 9.17) is 16.0 Å². The molecule has 0 aliphatic heterocycles. The summed E-state index contributed by atoms with van der Waals surface area (Å²) in [6, 6.07) is 3.44. The molecule has 0 bridgehead atoms. The van der Waals surface area contributed by atoms with Crippen molar-refractivity contribution in [3.63, 3.8) is 0 Å². The Kier molecular flexibility index (Phi) is 4.76. The SMILES string of the molecule is CCc1nnc(-c2[nH]c(C)c(S(=O)(=O)Nc3cc(F)ccc3Cl)c2C)o1. The number of nitrogens with one attached hydrogen (secondary N) is 2. The minimum Gasteiger partial charge on any atom is -0.419 e. The Bertz CT molecular complexity index is 1080. The number of nitrogens with zero attached hydrogens (tertiary/aromatic N) is 2. The largest absolute Gasteiger partial charge is 0.419 e. The second kappa shape index (κ2) is 6.73. The number of H-pyrrole nitrogens is 1. The molecule has 1 aromatic carbocycles. The van der Waals surface area contributed by atoms with E-state index in [1.54, 1.807) is 13.8 Å². The summed E-state index contributed by atoms with van der Waals surface area (Å²) in [6.07, 6.45) is 0.566. The first-order valence-corrected chi connectivity index (χ1v) is 9.58. The van der Waals surface area contributed by atoms with Crippen LogP contribution < -0.4 is 4.72 Å².